The Labute approximate surface area is 89.4 Å². The van der Waals surface area contributed by atoms with Gasteiger partial charge in [-0.2, -0.15) is 0 Å². The summed E-state index contributed by atoms with van der Waals surface area (Å²) in [6.07, 6.45) is 1.83. The zero-order valence-electron chi connectivity index (χ0n) is 9.19. The molecule has 2 N–H and O–H groups in total. The van der Waals surface area contributed by atoms with Crippen molar-refractivity contribution in [2.24, 2.45) is 5.92 Å². The highest BCUT2D eigenvalue weighted by atomic mass is 16.4. The van der Waals surface area contributed by atoms with Crippen molar-refractivity contribution in [3.05, 3.63) is 0 Å². The first-order valence-corrected chi connectivity index (χ1v) is 5.24. The third kappa shape index (κ3) is 2.92. The number of amides is 1. The summed E-state index contributed by atoms with van der Waals surface area (Å²) in [5.74, 6) is -1.10. The first-order valence-electron chi connectivity index (χ1n) is 5.24. The molecule has 0 spiro atoms. The number of rotatable bonds is 3. The van der Waals surface area contributed by atoms with Crippen molar-refractivity contribution in [1.82, 2.24) is 10.2 Å². The van der Waals surface area contributed by atoms with Crippen molar-refractivity contribution < 1.29 is 14.7 Å². The Morgan fingerprint density at radius 3 is 2.67 bits per heavy atom. The van der Waals surface area contributed by atoms with Gasteiger partial charge in [-0.15, -0.1) is 0 Å². The van der Waals surface area contributed by atoms with Gasteiger partial charge in [0.2, 0.25) is 5.91 Å². The van der Waals surface area contributed by atoms with E-state index in [1.54, 1.807) is 7.05 Å². The van der Waals surface area contributed by atoms with Gasteiger partial charge in [0.1, 0.15) is 6.04 Å². The van der Waals surface area contributed by atoms with Crippen LogP contribution in [0.3, 0.4) is 0 Å². The molecule has 5 heteroatoms. The number of likely N-dealkylation sites (N-methyl/N-ethyl adjacent to an activating group) is 1. The number of carbonyl (C=O) groups is 2. The number of piperidine rings is 1. The molecule has 0 aromatic rings. The van der Waals surface area contributed by atoms with Gasteiger partial charge in [-0.1, -0.05) is 0 Å². The number of carboxylic acids is 1. The van der Waals surface area contributed by atoms with Gasteiger partial charge >= 0.3 is 5.97 Å². The van der Waals surface area contributed by atoms with Gasteiger partial charge in [0, 0.05) is 13.6 Å². The Balaban J connectivity index is 2.54. The number of carbonyl (C=O) groups excluding carboxylic acids is 1. The molecule has 1 amide bonds. The summed E-state index contributed by atoms with van der Waals surface area (Å²) >= 11 is 0. The molecule has 15 heavy (non-hydrogen) atoms. The average Bonchev–Trinajstić information content (AvgIpc) is 2.27. The van der Waals surface area contributed by atoms with Crippen LogP contribution in [0.2, 0.25) is 0 Å². The van der Waals surface area contributed by atoms with Crippen LogP contribution >= 0.6 is 0 Å². The lowest BCUT2D eigenvalue weighted by atomic mass is 9.98. The molecule has 0 aromatic heterocycles. The highest BCUT2D eigenvalue weighted by Crippen LogP contribution is 2.14. The molecule has 86 valence electrons. The SMILES string of the molecule is CC(C(=O)O)N(C)C(=O)[C@@H]1CCCNC1. The molecule has 1 heterocycles. The first kappa shape index (κ1) is 12.0. The molecule has 2 atom stereocenters. The van der Waals surface area contributed by atoms with E-state index in [1.807, 2.05) is 0 Å². The highest BCUT2D eigenvalue weighted by Gasteiger charge is 2.28. The summed E-state index contributed by atoms with van der Waals surface area (Å²) in [6.45, 7) is 3.13. The Hall–Kier alpha value is -1.10. The van der Waals surface area contributed by atoms with Crippen LogP contribution in [0, 0.1) is 5.92 Å². The number of aliphatic carboxylic acids is 1. The molecule has 1 rings (SSSR count). The van der Waals surface area contributed by atoms with Crippen molar-refractivity contribution >= 4 is 11.9 Å². The fraction of sp³-hybridized carbons (Fsp3) is 0.800. The van der Waals surface area contributed by atoms with Crippen LogP contribution in [-0.4, -0.2) is 48.1 Å². The van der Waals surface area contributed by atoms with Crippen LogP contribution in [-0.2, 0) is 9.59 Å². The van der Waals surface area contributed by atoms with Crippen molar-refractivity contribution in [3.63, 3.8) is 0 Å². The summed E-state index contributed by atoms with van der Waals surface area (Å²) < 4.78 is 0. The van der Waals surface area contributed by atoms with E-state index in [0.717, 1.165) is 19.4 Å². The van der Waals surface area contributed by atoms with Crippen molar-refractivity contribution in [2.75, 3.05) is 20.1 Å². The number of carboxylic acid groups (broad SMARTS) is 1. The van der Waals surface area contributed by atoms with Crippen LogP contribution in [0.25, 0.3) is 0 Å². The molecule has 0 bridgehead atoms. The van der Waals surface area contributed by atoms with Crippen molar-refractivity contribution in [2.45, 2.75) is 25.8 Å². The normalized spacial score (nSPS) is 23.2. The summed E-state index contributed by atoms with van der Waals surface area (Å²) in [4.78, 5) is 23.9. The quantitative estimate of drug-likeness (QED) is 0.689. The van der Waals surface area contributed by atoms with Gasteiger partial charge in [-0.25, -0.2) is 4.79 Å². The van der Waals surface area contributed by atoms with Crippen LogP contribution in [0.1, 0.15) is 19.8 Å². The van der Waals surface area contributed by atoms with Crippen molar-refractivity contribution in [1.29, 1.82) is 0 Å². The minimum absolute atomic E-state index is 0.0643. The molecule has 0 radical (unpaired) electrons. The van der Waals surface area contributed by atoms with Gasteiger partial charge in [-0.3, -0.25) is 4.79 Å². The minimum atomic E-state index is -0.963. The molecule has 1 saturated heterocycles. The fourth-order valence-corrected chi connectivity index (χ4v) is 1.71. The Bertz CT molecular complexity index is 249. The number of nitrogens with one attached hydrogen (secondary N) is 1. The van der Waals surface area contributed by atoms with Gasteiger partial charge < -0.3 is 15.3 Å². The van der Waals surface area contributed by atoms with Crippen LogP contribution in [0.15, 0.2) is 0 Å². The lowest BCUT2D eigenvalue weighted by Crippen LogP contribution is -2.47. The summed E-state index contributed by atoms with van der Waals surface area (Å²) in [5.41, 5.74) is 0. The van der Waals surface area contributed by atoms with E-state index in [4.69, 9.17) is 5.11 Å². The second-order valence-corrected chi connectivity index (χ2v) is 4.01. The first-order chi connectivity index (χ1) is 7.04. The van der Waals surface area contributed by atoms with E-state index in [9.17, 15) is 9.59 Å². The highest BCUT2D eigenvalue weighted by molar-refractivity contribution is 5.84. The maximum Gasteiger partial charge on any atom is 0.326 e. The van der Waals surface area contributed by atoms with Crippen molar-refractivity contribution in [3.8, 4) is 0 Å². The molecule has 1 aliphatic rings. The van der Waals surface area contributed by atoms with Crippen LogP contribution in [0.5, 0.6) is 0 Å². The molecular weight excluding hydrogens is 196 g/mol. The molecule has 5 nitrogen and oxygen atoms in total. The monoisotopic (exact) mass is 214 g/mol. The summed E-state index contributed by atoms with van der Waals surface area (Å²) in [6, 6.07) is -0.751. The molecule has 1 unspecified atom stereocenters. The number of hydrogen-bond donors (Lipinski definition) is 2. The molecule has 1 aliphatic heterocycles. The molecular formula is C10H18N2O3. The second-order valence-electron chi connectivity index (χ2n) is 4.01. The molecule has 1 fully saturated rings. The fourth-order valence-electron chi connectivity index (χ4n) is 1.71. The second kappa shape index (κ2) is 5.11. The van der Waals surface area contributed by atoms with E-state index in [2.05, 4.69) is 5.32 Å². The minimum Gasteiger partial charge on any atom is -0.480 e. The smallest absolute Gasteiger partial charge is 0.326 e. The summed E-state index contributed by atoms with van der Waals surface area (Å²) in [5, 5.41) is 11.9. The zero-order valence-corrected chi connectivity index (χ0v) is 9.19. The van der Waals surface area contributed by atoms with Gasteiger partial charge in [0.15, 0.2) is 0 Å². The predicted octanol–water partition coefficient (Wildman–Crippen LogP) is -0.0825. The third-order valence-corrected chi connectivity index (χ3v) is 2.93. The Kier molecular flexibility index (Phi) is 4.08. The predicted molar refractivity (Wildman–Crippen MR) is 55.5 cm³/mol. The third-order valence-electron chi connectivity index (χ3n) is 2.93. The van der Waals surface area contributed by atoms with E-state index in [-0.39, 0.29) is 11.8 Å². The topological polar surface area (TPSA) is 69.6 Å². The standard InChI is InChI=1S/C10H18N2O3/c1-7(10(14)15)12(2)9(13)8-4-3-5-11-6-8/h7-8,11H,3-6H2,1-2H3,(H,14,15)/t7?,8-/m1/s1. The maximum absolute atomic E-state index is 11.9. The van der Waals surface area contributed by atoms with Gasteiger partial charge in [0.05, 0.1) is 5.92 Å². The largest absolute Gasteiger partial charge is 0.480 e. The maximum atomic E-state index is 11.9. The lowest BCUT2D eigenvalue weighted by Gasteiger charge is -2.29. The lowest BCUT2D eigenvalue weighted by molar-refractivity contribution is -0.150. The van der Waals surface area contributed by atoms with E-state index >= 15 is 0 Å². The number of nitrogens with zero attached hydrogens (tertiary/aromatic N) is 1. The van der Waals surface area contributed by atoms with Crippen LogP contribution < -0.4 is 5.32 Å². The number of hydrogen-bond acceptors (Lipinski definition) is 3. The zero-order chi connectivity index (χ0) is 11.4. The molecule has 0 aliphatic carbocycles. The molecule has 0 aromatic carbocycles. The Morgan fingerprint density at radius 1 is 1.53 bits per heavy atom. The van der Waals surface area contributed by atoms with Crippen LogP contribution in [0.4, 0.5) is 0 Å². The van der Waals surface area contributed by atoms with E-state index in [1.165, 1.54) is 11.8 Å². The van der Waals surface area contributed by atoms with Gasteiger partial charge in [0.25, 0.3) is 0 Å². The van der Waals surface area contributed by atoms with E-state index < -0.39 is 12.0 Å². The van der Waals surface area contributed by atoms with Gasteiger partial charge in [-0.05, 0) is 26.3 Å². The molecule has 0 saturated carbocycles. The average molecular weight is 214 g/mol. The Morgan fingerprint density at radius 2 is 2.20 bits per heavy atom. The summed E-state index contributed by atoms with van der Waals surface area (Å²) in [7, 11) is 1.55. The van der Waals surface area contributed by atoms with E-state index in [0.29, 0.717) is 6.54 Å².